The zero-order chi connectivity index (χ0) is 19.5. The monoisotopic (exact) mass is 413 g/mol. The summed E-state index contributed by atoms with van der Waals surface area (Å²) in [5.74, 6) is 0.898. The highest BCUT2D eigenvalue weighted by atomic mass is 35.5. The molecule has 0 saturated heterocycles. The molecule has 0 atom stereocenters. The Morgan fingerprint density at radius 2 is 1.96 bits per heavy atom. The zero-order valence-corrected chi connectivity index (χ0v) is 16.7. The number of fused-ring (bicyclic) bond motifs is 1. The molecule has 0 bridgehead atoms. The predicted molar refractivity (Wildman–Crippen MR) is 111 cm³/mol. The SMILES string of the molecule is COc1ccc(Cn2c(SCc3c(F)cccc3Cl)nc3ccncc32)cc1. The van der Waals surface area contributed by atoms with Crippen LogP contribution in [0, 0.1) is 5.82 Å². The number of benzene rings is 2. The third-order valence-corrected chi connectivity index (χ3v) is 5.78. The molecule has 7 heteroatoms. The smallest absolute Gasteiger partial charge is 0.169 e. The molecule has 0 spiro atoms. The lowest BCUT2D eigenvalue weighted by Crippen LogP contribution is -2.02. The summed E-state index contributed by atoms with van der Waals surface area (Å²) in [6.07, 6.45) is 3.52. The minimum absolute atomic E-state index is 0.306. The number of hydrogen-bond acceptors (Lipinski definition) is 4. The minimum atomic E-state index is -0.306. The minimum Gasteiger partial charge on any atom is -0.497 e. The summed E-state index contributed by atoms with van der Waals surface area (Å²) in [6.45, 7) is 0.625. The van der Waals surface area contributed by atoms with Gasteiger partial charge in [-0.1, -0.05) is 41.6 Å². The number of pyridine rings is 1. The van der Waals surface area contributed by atoms with Gasteiger partial charge in [-0.05, 0) is 35.9 Å². The molecule has 28 heavy (non-hydrogen) atoms. The van der Waals surface area contributed by atoms with Crippen molar-refractivity contribution >= 4 is 34.4 Å². The van der Waals surface area contributed by atoms with Gasteiger partial charge in [0, 0.05) is 22.5 Å². The molecule has 0 amide bonds. The molecule has 2 aromatic carbocycles. The third-order valence-electron chi connectivity index (χ3n) is 4.42. The van der Waals surface area contributed by atoms with E-state index in [1.54, 1.807) is 31.6 Å². The normalized spacial score (nSPS) is 11.1. The fraction of sp³-hybridized carbons (Fsp3) is 0.143. The van der Waals surface area contributed by atoms with Gasteiger partial charge in [-0.3, -0.25) is 4.98 Å². The molecule has 2 heterocycles. The van der Waals surface area contributed by atoms with Crippen LogP contribution in [-0.4, -0.2) is 21.6 Å². The third kappa shape index (κ3) is 3.84. The number of hydrogen-bond donors (Lipinski definition) is 0. The molecule has 4 aromatic rings. The first-order chi connectivity index (χ1) is 13.7. The van der Waals surface area contributed by atoms with Crippen LogP contribution >= 0.6 is 23.4 Å². The number of methoxy groups -OCH3 is 1. The van der Waals surface area contributed by atoms with Crippen molar-refractivity contribution in [3.8, 4) is 5.75 Å². The van der Waals surface area contributed by atoms with Crippen LogP contribution in [0.25, 0.3) is 11.0 Å². The Morgan fingerprint density at radius 3 is 2.71 bits per heavy atom. The van der Waals surface area contributed by atoms with Crippen LogP contribution in [0.4, 0.5) is 4.39 Å². The summed E-state index contributed by atoms with van der Waals surface area (Å²) in [4.78, 5) is 8.94. The molecule has 2 aromatic heterocycles. The predicted octanol–water partition coefficient (Wildman–Crippen LogP) is 5.57. The van der Waals surface area contributed by atoms with Crippen LogP contribution in [0.15, 0.2) is 66.1 Å². The zero-order valence-electron chi connectivity index (χ0n) is 15.1. The molecule has 142 valence electrons. The molecule has 4 rings (SSSR count). The standard InChI is InChI=1S/C21H17ClFN3OS/c1-27-15-7-5-14(6-8-15)12-26-20-11-24-10-9-19(20)25-21(26)28-13-16-17(22)3-2-4-18(16)23/h2-11H,12-13H2,1H3. The molecule has 0 saturated carbocycles. The number of ether oxygens (including phenoxy) is 1. The van der Waals surface area contributed by atoms with E-state index in [1.165, 1.54) is 17.8 Å². The quantitative estimate of drug-likeness (QED) is 0.387. The first kappa shape index (κ1) is 18.8. The fourth-order valence-electron chi connectivity index (χ4n) is 2.93. The van der Waals surface area contributed by atoms with Gasteiger partial charge >= 0.3 is 0 Å². The maximum atomic E-state index is 14.1. The van der Waals surface area contributed by atoms with Gasteiger partial charge in [0.2, 0.25) is 0 Å². The van der Waals surface area contributed by atoms with Crippen molar-refractivity contribution in [2.75, 3.05) is 7.11 Å². The number of thioether (sulfide) groups is 1. The van der Waals surface area contributed by atoms with Crippen LogP contribution in [0.5, 0.6) is 5.75 Å². The Bertz CT molecular complexity index is 1090. The Kier molecular flexibility index (Phi) is 5.50. The van der Waals surface area contributed by atoms with Crippen molar-refractivity contribution in [1.29, 1.82) is 0 Å². The second-order valence-electron chi connectivity index (χ2n) is 6.18. The Labute approximate surface area is 171 Å². The molecule has 0 radical (unpaired) electrons. The van der Waals surface area contributed by atoms with Crippen LogP contribution in [0.2, 0.25) is 5.02 Å². The van der Waals surface area contributed by atoms with E-state index in [1.807, 2.05) is 30.3 Å². The van der Waals surface area contributed by atoms with E-state index in [4.69, 9.17) is 21.3 Å². The molecule has 0 fully saturated rings. The highest BCUT2D eigenvalue weighted by Crippen LogP contribution is 2.31. The molecule has 0 aliphatic heterocycles. The van der Waals surface area contributed by atoms with E-state index in [-0.39, 0.29) is 5.82 Å². The molecule has 0 unspecified atom stereocenters. The highest BCUT2D eigenvalue weighted by molar-refractivity contribution is 7.98. The van der Waals surface area contributed by atoms with Gasteiger partial charge in [0.05, 0.1) is 30.9 Å². The highest BCUT2D eigenvalue weighted by Gasteiger charge is 2.14. The van der Waals surface area contributed by atoms with Crippen molar-refractivity contribution in [2.45, 2.75) is 17.5 Å². The van der Waals surface area contributed by atoms with Crippen LogP contribution in [-0.2, 0) is 12.3 Å². The lowest BCUT2D eigenvalue weighted by molar-refractivity contribution is 0.414. The topological polar surface area (TPSA) is 39.9 Å². The average Bonchev–Trinajstić information content (AvgIpc) is 3.06. The maximum Gasteiger partial charge on any atom is 0.169 e. The summed E-state index contributed by atoms with van der Waals surface area (Å²) >= 11 is 7.63. The summed E-state index contributed by atoms with van der Waals surface area (Å²) in [5.41, 5.74) is 3.37. The number of aromatic nitrogens is 3. The number of rotatable bonds is 6. The van der Waals surface area contributed by atoms with Crippen molar-refractivity contribution < 1.29 is 9.13 Å². The molecular weight excluding hydrogens is 397 g/mol. The molecule has 0 N–H and O–H groups in total. The first-order valence-corrected chi connectivity index (χ1v) is 10.0. The van der Waals surface area contributed by atoms with Crippen molar-refractivity contribution in [2.24, 2.45) is 0 Å². The van der Waals surface area contributed by atoms with Gasteiger partial charge < -0.3 is 9.30 Å². The summed E-state index contributed by atoms with van der Waals surface area (Å²) in [7, 11) is 1.65. The van der Waals surface area contributed by atoms with E-state index in [9.17, 15) is 4.39 Å². The van der Waals surface area contributed by atoms with Crippen LogP contribution in [0.3, 0.4) is 0 Å². The Hall–Kier alpha value is -2.57. The summed E-state index contributed by atoms with van der Waals surface area (Å²) in [6, 6.07) is 14.5. The van der Waals surface area contributed by atoms with Crippen molar-refractivity contribution in [3.63, 3.8) is 0 Å². The van der Waals surface area contributed by atoms with Gasteiger partial charge in [-0.15, -0.1) is 0 Å². The second-order valence-corrected chi connectivity index (χ2v) is 7.53. The number of nitrogens with zero attached hydrogens (tertiary/aromatic N) is 3. The summed E-state index contributed by atoms with van der Waals surface area (Å²) < 4.78 is 21.4. The van der Waals surface area contributed by atoms with Gasteiger partial charge in [0.15, 0.2) is 5.16 Å². The molecule has 0 aliphatic carbocycles. The van der Waals surface area contributed by atoms with E-state index in [2.05, 4.69) is 9.55 Å². The van der Waals surface area contributed by atoms with Gasteiger partial charge in [-0.2, -0.15) is 0 Å². The van der Waals surface area contributed by atoms with Gasteiger partial charge in [0.1, 0.15) is 11.6 Å². The number of imidazole rings is 1. The molecule has 4 nitrogen and oxygen atoms in total. The van der Waals surface area contributed by atoms with E-state index < -0.39 is 0 Å². The fourth-order valence-corrected chi connectivity index (χ4v) is 4.29. The largest absolute Gasteiger partial charge is 0.497 e. The van der Waals surface area contributed by atoms with Gasteiger partial charge in [0.25, 0.3) is 0 Å². The summed E-state index contributed by atoms with van der Waals surface area (Å²) in [5, 5.41) is 1.21. The molecular formula is C21H17ClFN3OS. The number of halogens is 2. The lowest BCUT2D eigenvalue weighted by atomic mass is 10.2. The first-order valence-electron chi connectivity index (χ1n) is 8.64. The van der Waals surface area contributed by atoms with Crippen LogP contribution < -0.4 is 4.74 Å². The van der Waals surface area contributed by atoms with Crippen molar-refractivity contribution in [3.05, 3.63) is 82.9 Å². The van der Waals surface area contributed by atoms with E-state index >= 15 is 0 Å². The van der Waals surface area contributed by atoms with E-state index in [0.717, 1.165) is 27.5 Å². The Morgan fingerprint density at radius 1 is 1.14 bits per heavy atom. The second kappa shape index (κ2) is 8.20. The lowest BCUT2D eigenvalue weighted by Gasteiger charge is -2.10. The molecule has 0 aliphatic rings. The van der Waals surface area contributed by atoms with Crippen LogP contribution in [0.1, 0.15) is 11.1 Å². The maximum absolute atomic E-state index is 14.1. The van der Waals surface area contributed by atoms with E-state index in [0.29, 0.717) is 22.9 Å². The Balaban J connectivity index is 1.66. The average molecular weight is 414 g/mol. The van der Waals surface area contributed by atoms with Gasteiger partial charge in [-0.25, -0.2) is 9.37 Å². The van der Waals surface area contributed by atoms with Crippen molar-refractivity contribution in [1.82, 2.24) is 14.5 Å².